The highest BCUT2D eigenvalue weighted by Crippen LogP contribution is 2.22. The molecule has 0 saturated heterocycles. The molecule has 0 aliphatic rings. The molecule has 0 aromatic rings. The van der Waals surface area contributed by atoms with E-state index in [9.17, 15) is 17.6 Å². The summed E-state index contributed by atoms with van der Waals surface area (Å²) in [4.78, 5) is -2.23. The Morgan fingerprint density at radius 3 is 2.18 bits per heavy atom. The highest BCUT2D eigenvalue weighted by atomic mass is 79.9. The number of halogens is 5. The van der Waals surface area contributed by atoms with Crippen LogP contribution in [-0.4, -0.2) is 36.3 Å². The van der Waals surface area contributed by atoms with Crippen molar-refractivity contribution in [3.63, 3.8) is 0 Å². The van der Waals surface area contributed by atoms with E-state index in [2.05, 4.69) is 0 Å². The summed E-state index contributed by atoms with van der Waals surface area (Å²) < 4.78 is 47.2. The molecular weight excluding hydrogens is 230 g/mol. The standard InChI is InChI=1S/C5H8BrF4N/c1-11(2-4(7)8)3-5(6,9)10/h4H,2-3H2,1H3. The van der Waals surface area contributed by atoms with Gasteiger partial charge in [-0.3, -0.25) is 4.90 Å². The van der Waals surface area contributed by atoms with Gasteiger partial charge in [0.2, 0.25) is 0 Å². The summed E-state index contributed by atoms with van der Waals surface area (Å²) in [7, 11) is 1.21. The molecular formula is C5H8BrF4N. The Hall–Kier alpha value is 0.160. The third-order valence-electron chi connectivity index (χ3n) is 0.899. The molecule has 0 unspecified atom stereocenters. The van der Waals surface area contributed by atoms with Crippen molar-refractivity contribution in [1.82, 2.24) is 4.90 Å². The van der Waals surface area contributed by atoms with Gasteiger partial charge >= 0.3 is 4.83 Å². The number of rotatable bonds is 4. The minimum atomic E-state index is -3.09. The molecule has 0 atom stereocenters. The van der Waals surface area contributed by atoms with Crippen LogP contribution in [0.15, 0.2) is 0 Å². The van der Waals surface area contributed by atoms with Gasteiger partial charge in [0.05, 0.1) is 13.1 Å². The summed E-state index contributed by atoms with van der Waals surface area (Å²) >= 11 is 2.05. The molecule has 0 aliphatic carbocycles. The van der Waals surface area contributed by atoms with Crippen LogP contribution in [0.5, 0.6) is 0 Å². The van der Waals surface area contributed by atoms with E-state index >= 15 is 0 Å². The molecule has 0 bridgehead atoms. The highest BCUT2D eigenvalue weighted by Gasteiger charge is 2.26. The maximum absolute atomic E-state index is 12.1. The van der Waals surface area contributed by atoms with Crippen molar-refractivity contribution >= 4 is 15.9 Å². The Morgan fingerprint density at radius 2 is 1.91 bits per heavy atom. The monoisotopic (exact) mass is 237 g/mol. The van der Waals surface area contributed by atoms with Gasteiger partial charge in [-0.05, 0) is 23.0 Å². The molecule has 11 heavy (non-hydrogen) atoms. The van der Waals surface area contributed by atoms with Crippen LogP contribution in [0.2, 0.25) is 0 Å². The van der Waals surface area contributed by atoms with Gasteiger partial charge < -0.3 is 0 Å². The van der Waals surface area contributed by atoms with Crippen molar-refractivity contribution in [3.8, 4) is 0 Å². The molecule has 0 rings (SSSR count). The fourth-order valence-corrected chi connectivity index (χ4v) is 1.03. The third-order valence-corrected chi connectivity index (χ3v) is 1.15. The van der Waals surface area contributed by atoms with Crippen LogP contribution in [0.4, 0.5) is 17.6 Å². The molecule has 0 aromatic heterocycles. The second-order valence-electron chi connectivity index (χ2n) is 2.20. The van der Waals surface area contributed by atoms with Crippen molar-refractivity contribution in [2.75, 3.05) is 20.1 Å². The first kappa shape index (κ1) is 11.2. The minimum absolute atomic E-state index is 0.638. The molecule has 6 heteroatoms. The number of hydrogen-bond donors (Lipinski definition) is 0. The van der Waals surface area contributed by atoms with Gasteiger partial charge in [0.25, 0.3) is 6.43 Å². The third kappa shape index (κ3) is 8.06. The van der Waals surface area contributed by atoms with Crippen LogP contribution in [0.25, 0.3) is 0 Å². The van der Waals surface area contributed by atoms with Crippen molar-refractivity contribution in [2.24, 2.45) is 0 Å². The van der Waals surface area contributed by atoms with E-state index in [1.165, 1.54) is 7.05 Å². The second-order valence-corrected chi connectivity index (χ2v) is 3.36. The minimum Gasteiger partial charge on any atom is -0.294 e. The summed E-state index contributed by atoms with van der Waals surface area (Å²) in [5, 5.41) is 0. The van der Waals surface area contributed by atoms with Gasteiger partial charge in [-0.1, -0.05) is 0 Å². The Morgan fingerprint density at radius 1 is 1.45 bits per heavy atom. The first-order valence-corrected chi connectivity index (χ1v) is 3.64. The van der Waals surface area contributed by atoms with E-state index in [1.807, 2.05) is 15.9 Å². The van der Waals surface area contributed by atoms with Crippen molar-refractivity contribution < 1.29 is 17.6 Å². The summed E-state index contributed by atoms with van der Waals surface area (Å²) in [6.07, 6.45) is -2.57. The predicted molar refractivity (Wildman–Crippen MR) is 37.4 cm³/mol. The van der Waals surface area contributed by atoms with Crippen LogP contribution < -0.4 is 0 Å². The molecule has 0 N–H and O–H groups in total. The Balaban J connectivity index is 3.61. The summed E-state index contributed by atoms with van der Waals surface area (Å²) in [5.74, 6) is 0. The van der Waals surface area contributed by atoms with Gasteiger partial charge in [0.1, 0.15) is 0 Å². The van der Waals surface area contributed by atoms with Crippen LogP contribution in [0, 0.1) is 0 Å². The zero-order valence-corrected chi connectivity index (χ0v) is 7.41. The van der Waals surface area contributed by atoms with Crippen molar-refractivity contribution in [1.29, 1.82) is 0 Å². The lowest BCUT2D eigenvalue weighted by atomic mass is 10.5. The molecule has 0 aromatic carbocycles. The normalized spacial score (nSPS) is 13.1. The van der Waals surface area contributed by atoms with E-state index in [1.54, 1.807) is 0 Å². The van der Waals surface area contributed by atoms with E-state index in [4.69, 9.17) is 0 Å². The first-order chi connectivity index (χ1) is 4.81. The zero-order chi connectivity index (χ0) is 9.07. The molecule has 0 radical (unpaired) electrons. The summed E-state index contributed by atoms with van der Waals surface area (Å²) in [6, 6.07) is 0. The van der Waals surface area contributed by atoms with Crippen LogP contribution >= 0.6 is 15.9 Å². The maximum Gasteiger partial charge on any atom is 0.313 e. The van der Waals surface area contributed by atoms with Gasteiger partial charge in [-0.25, -0.2) is 8.78 Å². The van der Waals surface area contributed by atoms with Crippen LogP contribution in [-0.2, 0) is 0 Å². The van der Waals surface area contributed by atoms with E-state index in [-0.39, 0.29) is 0 Å². The lowest BCUT2D eigenvalue weighted by molar-refractivity contribution is 0.0402. The molecule has 68 valence electrons. The summed E-state index contributed by atoms with van der Waals surface area (Å²) in [6.45, 7) is -1.35. The Kier molecular flexibility index (Phi) is 4.31. The number of alkyl halides is 5. The first-order valence-electron chi connectivity index (χ1n) is 2.84. The SMILES string of the molecule is CN(CC(F)F)CC(F)(F)Br. The van der Waals surface area contributed by atoms with Crippen LogP contribution in [0.1, 0.15) is 0 Å². The molecule has 0 amide bonds. The Bertz CT molecular complexity index is 114. The second kappa shape index (κ2) is 4.25. The van der Waals surface area contributed by atoms with Gasteiger partial charge in [0.15, 0.2) is 0 Å². The average molecular weight is 238 g/mol. The molecule has 0 aliphatic heterocycles. The fraction of sp³-hybridized carbons (Fsp3) is 1.00. The molecule has 0 saturated carbocycles. The molecule has 0 heterocycles. The van der Waals surface area contributed by atoms with Crippen molar-refractivity contribution in [2.45, 2.75) is 11.3 Å². The fourth-order valence-electron chi connectivity index (χ4n) is 0.606. The van der Waals surface area contributed by atoms with E-state index in [0.717, 1.165) is 4.90 Å². The molecule has 0 spiro atoms. The maximum atomic E-state index is 12.1. The smallest absolute Gasteiger partial charge is 0.294 e. The molecule has 0 fully saturated rings. The largest absolute Gasteiger partial charge is 0.313 e. The molecule has 1 nitrogen and oxygen atoms in total. The highest BCUT2D eigenvalue weighted by molar-refractivity contribution is 9.10. The van der Waals surface area contributed by atoms with E-state index in [0.29, 0.717) is 0 Å². The van der Waals surface area contributed by atoms with Gasteiger partial charge in [0, 0.05) is 0 Å². The predicted octanol–water partition coefficient (Wildman–Crippen LogP) is 2.17. The lowest BCUT2D eigenvalue weighted by Gasteiger charge is -2.18. The quantitative estimate of drug-likeness (QED) is 0.535. The van der Waals surface area contributed by atoms with Crippen LogP contribution in [0.3, 0.4) is 0 Å². The van der Waals surface area contributed by atoms with Crippen molar-refractivity contribution in [3.05, 3.63) is 0 Å². The van der Waals surface area contributed by atoms with Gasteiger partial charge in [-0.2, -0.15) is 8.78 Å². The number of hydrogen-bond acceptors (Lipinski definition) is 1. The number of nitrogens with zero attached hydrogens (tertiary/aromatic N) is 1. The lowest BCUT2D eigenvalue weighted by Crippen LogP contribution is -2.33. The van der Waals surface area contributed by atoms with E-state index < -0.39 is 24.3 Å². The Labute approximate surface area is 70.5 Å². The topological polar surface area (TPSA) is 3.24 Å². The van der Waals surface area contributed by atoms with Gasteiger partial charge in [-0.15, -0.1) is 0 Å². The summed E-state index contributed by atoms with van der Waals surface area (Å²) in [5.41, 5.74) is 0. The average Bonchev–Trinajstić information content (AvgIpc) is 1.53. The zero-order valence-electron chi connectivity index (χ0n) is 5.83.